The Balaban J connectivity index is 0.00000158. The molecular formula is C31H42N2S. The fraction of sp³-hybridized carbons (Fsp3) is 0.419. The van der Waals surface area contributed by atoms with E-state index < -0.39 is 9.39 Å². The van der Waals surface area contributed by atoms with E-state index in [1.165, 1.54) is 34.6 Å². The third-order valence-electron chi connectivity index (χ3n) is 6.56. The molecule has 2 N–H and O–H groups in total. The highest BCUT2D eigenvalue weighted by Crippen LogP contribution is 2.34. The first-order valence-electron chi connectivity index (χ1n) is 12.8. The molecule has 0 unspecified atom stereocenters. The monoisotopic (exact) mass is 474 g/mol. The minimum atomic E-state index is -1.52. The molecule has 2 aliphatic rings. The van der Waals surface area contributed by atoms with Crippen molar-refractivity contribution in [3.05, 3.63) is 77.5 Å². The summed E-state index contributed by atoms with van der Waals surface area (Å²) >= 11 is 0. The summed E-state index contributed by atoms with van der Waals surface area (Å²) in [6.07, 6.45) is 7.11. The molecule has 2 aromatic carbocycles. The van der Waals surface area contributed by atoms with Crippen molar-refractivity contribution < 1.29 is 0 Å². The van der Waals surface area contributed by atoms with Crippen LogP contribution in [0.5, 0.6) is 0 Å². The van der Waals surface area contributed by atoms with Crippen LogP contribution in [0.1, 0.15) is 69.1 Å². The maximum Gasteiger partial charge on any atom is 0.0397 e. The molecule has 0 aliphatic heterocycles. The molecule has 0 heterocycles. The largest absolute Gasteiger partial charge is 0.385 e. The van der Waals surface area contributed by atoms with E-state index in [-0.39, 0.29) is 0 Å². The molecule has 0 bridgehead atoms. The van der Waals surface area contributed by atoms with Gasteiger partial charge < -0.3 is 5.32 Å². The standard InChI is InChI=1S/C29H36N2S.C2H6/c1-22-5-7-26(8-6-22)21-30-23(2)27-15-17-28(18-16-27)31-32(3,4)29-19-13-25(14-20-29)12-11-24-9-10-24;1-2/h5-8,13-14,19-20,24,27-28,30-31H,2-4,9-10,15-18,21H2,1H3;1-2H3. The van der Waals surface area contributed by atoms with Gasteiger partial charge in [0.25, 0.3) is 0 Å². The molecule has 2 nitrogen and oxygen atoms in total. The normalized spacial score (nSPS) is 19.7. The summed E-state index contributed by atoms with van der Waals surface area (Å²) in [6, 6.07) is 17.7. The highest BCUT2D eigenvalue weighted by Gasteiger charge is 2.24. The Morgan fingerprint density at radius 3 is 2.12 bits per heavy atom. The van der Waals surface area contributed by atoms with E-state index in [4.69, 9.17) is 0 Å². The summed E-state index contributed by atoms with van der Waals surface area (Å²) in [5.74, 6) is 16.7. The van der Waals surface area contributed by atoms with Gasteiger partial charge in [-0.05, 0) is 81.2 Å². The number of allylic oxidation sites excluding steroid dienone is 1. The van der Waals surface area contributed by atoms with Crippen molar-refractivity contribution in [2.45, 2.75) is 76.8 Å². The lowest BCUT2D eigenvalue weighted by Crippen LogP contribution is -2.33. The first kappa shape index (κ1) is 26.2. The molecule has 2 fully saturated rings. The van der Waals surface area contributed by atoms with Crippen molar-refractivity contribution in [1.82, 2.24) is 10.0 Å². The van der Waals surface area contributed by atoms with Gasteiger partial charge in [0, 0.05) is 34.7 Å². The van der Waals surface area contributed by atoms with Crippen LogP contribution >= 0.6 is 9.39 Å². The minimum Gasteiger partial charge on any atom is -0.385 e. The minimum absolute atomic E-state index is 0.468. The van der Waals surface area contributed by atoms with Crippen LogP contribution in [0.4, 0.5) is 0 Å². The topological polar surface area (TPSA) is 24.1 Å². The van der Waals surface area contributed by atoms with Crippen LogP contribution in [0.15, 0.2) is 65.7 Å². The lowest BCUT2D eigenvalue weighted by atomic mass is 9.84. The van der Waals surface area contributed by atoms with Crippen LogP contribution in [-0.4, -0.2) is 17.8 Å². The number of hydrogen-bond acceptors (Lipinski definition) is 2. The van der Waals surface area contributed by atoms with Crippen LogP contribution < -0.4 is 10.0 Å². The molecule has 0 saturated heterocycles. The molecule has 0 aromatic heterocycles. The highest BCUT2D eigenvalue weighted by atomic mass is 32.2. The van der Waals surface area contributed by atoms with Crippen LogP contribution in [0.2, 0.25) is 0 Å². The number of aryl methyl sites for hydroxylation is 1. The van der Waals surface area contributed by atoms with Crippen molar-refractivity contribution >= 4 is 21.1 Å². The van der Waals surface area contributed by atoms with Gasteiger partial charge in [-0.1, -0.05) is 73.8 Å². The van der Waals surface area contributed by atoms with Crippen LogP contribution in [0, 0.1) is 30.6 Å². The Morgan fingerprint density at radius 1 is 0.912 bits per heavy atom. The van der Waals surface area contributed by atoms with Gasteiger partial charge in [-0.3, -0.25) is 4.72 Å². The zero-order chi connectivity index (χ0) is 24.6. The predicted octanol–water partition coefficient (Wildman–Crippen LogP) is 7.18. The van der Waals surface area contributed by atoms with Crippen molar-refractivity contribution in [1.29, 1.82) is 0 Å². The Kier molecular flexibility index (Phi) is 9.51. The molecule has 4 rings (SSSR count). The van der Waals surface area contributed by atoms with Crippen LogP contribution in [0.3, 0.4) is 0 Å². The SMILES string of the molecule is C=C(NCc1ccc(C)cc1)C1CCC(NS(=C)(=C)c2ccc(C#CC3CC3)cc2)CC1.CC. The summed E-state index contributed by atoms with van der Waals surface area (Å²) in [5, 5.41) is 3.56. The van der Waals surface area contributed by atoms with Gasteiger partial charge >= 0.3 is 0 Å². The fourth-order valence-electron chi connectivity index (χ4n) is 4.22. The molecule has 0 atom stereocenters. The Bertz CT molecular complexity index is 1090. The van der Waals surface area contributed by atoms with E-state index in [1.54, 1.807) is 0 Å². The Hall–Kier alpha value is -2.41. The smallest absolute Gasteiger partial charge is 0.0397 e. The van der Waals surface area contributed by atoms with Crippen molar-refractivity contribution in [2.75, 3.05) is 0 Å². The molecule has 2 saturated carbocycles. The van der Waals surface area contributed by atoms with E-state index in [0.29, 0.717) is 17.9 Å². The van der Waals surface area contributed by atoms with Crippen LogP contribution in [-0.2, 0) is 6.54 Å². The van der Waals surface area contributed by atoms with E-state index in [2.05, 4.69) is 95.7 Å². The van der Waals surface area contributed by atoms with Crippen LogP contribution in [0.25, 0.3) is 0 Å². The molecule has 3 heteroatoms. The highest BCUT2D eigenvalue weighted by molar-refractivity contribution is 8.26. The third-order valence-corrected chi connectivity index (χ3v) is 8.51. The van der Waals surface area contributed by atoms with Gasteiger partial charge in [0.05, 0.1) is 0 Å². The molecule has 34 heavy (non-hydrogen) atoms. The van der Waals surface area contributed by atoms with Gasteiger partial charge in [-0.2, -0.15) is 0 Å². The van der Waals surface area contributed by atoms with E-state index in [9.17, 15) is 0 Å². The van der Waals surface area contributed by atoms with Gasteiger partial charge in [0.15, 0.2) is 0 Å². The molecular weight excluding hydrogens is 432 g/mol. The quantitative estimate of drug-likeness (QED) is 0.328. The second-order valence-corrected chi connectivity index (χ2v) is 12.0. The summed E-state index contributed by atoms with van der Waals surface area (Å²) in [5.41, 5.74) is 4.87. The Morgan fingerprint density at radius 2 is 1.53 bits per heavy atom. The average Bonchev–Trinajstić information content (AvgIpc) is 3.69. The van der Waals surface area contributed by atoms with Crippen molar-refractivity contribution in [2.24, 2.45) is 11.8 Å². The molecule has 0 radical (unpaired) electrons. The third kappa shape index (κ3) is 7.83. The summed E-state index contributed by atoms with van der Waals surface area (Å²) in [6.45, 7) is 11.3. The first-order valence-corrected chi connectivity index (χ1v) is 14.7. The zero-order valence-electron chi connectivity index (χ0n) is 21.3. The summed E-state index contributed by atoms with van der Waals surface area (Å²) in [4.78, 5) is 1.20. The zero-order valence-corrected chi connectivity index (χ0v) is 22.1. The lowest BCUT2D eigenvalue weighted by molar-refractivity contribution is 0.339. The van der Waals surface area contributed by atoms with Gasteiger partial charge in [0.2, 0.25) is 0 Å². The number of nitrogens with one attached hydrogen (secondary N) is 2. The number of benzene rings is 2. The number of hydrogen-bond donors (Lipinski definition) is 2. The molecule has 0 spiro atoms. The predicted molar refractivity (Wildman–Crippen MR) is 154 cm³/mol. The Labute approximate surface area is 208 Å². The van der Waals surface area contributed by atoms with Gasteiger partial charge in [-0.15, -0.1) is 9.39 Å². The first-order chi connectivity index (χ1) is 16.4. The summed E-state index contributed by atoms with van der Waals surface area (Å²) in [7, 11) is -1.52. The van der Waals surface area contributed by atoms with E-state index in [1.807, 2.05) is 13.8 Å². The molecule has 0 amide bonds. The van der Waals surface area contributed by atoms with E-state index >= 15 is 0 Å². The maximum atomic E-state index is 4.47. The molecule has 182 valence electrons. The number of rotatable bonds is 7. The lowest BCUT2D eigenvalue weighted by Gasteiger charge is -2.33. The summed E-state index contributed by atoms with van der Waals surface area (Å²) < 4.78 is 3.79. The second kappa shape index (κ2) is 12.3. The van der Waals surface area contributed by atoms with Crippen molar-refractivity contribution in [3.63, 3.8) is 0 Å². The average molecular weight is 475 g/mol. The van der Waals surface area contributed by atoms with Gasteiger partial charge in [0.1, 0.15) is 0 Å². The van der Waals surface area contributed by atoms with Crippen molar-refractivity contribution in [3.8, 4) is 11.8 Å². The van der Waals surface area contributed by atoms with E-state index in [0.717, 1.165) is 37.8 Å². The molecule has 2 aromatic rings. The molecule has 2 aliphatic carbocycles. The maximum absolute atomic E-state index is 4.47. The second-order valence-electron chi connectivity index (χ2n) is 9.48. The van der Waals surface area contributed by atoms with Gasteiger partial charge in [-0.25, -0.2) is 0 Å². The fourth-order valence-corrected chi connectivity index (χ4v) is 5.89.